The molecule has 1 unspecified atom stereocenters. The Morgan fingerprint density at radius 1 is 1.10 bits per heavy atom. The van der Waals surface area contributed by atoms with E-state index < -0.39 is 0 Å². The lowest BCUT2D eigenvalue weighted by Gasteiger charge is -2.18. The Kier molecular flexibility index (Phi) is 5.19. The number of hydrogen-bond donors (Lipinski definition) is 1. The maximum atomic E-state index is 6.14. The summed E-state index contributed by atoms with van der Waals surface area (Å²) < 4.78 is 6.14. The SMILES string of the molecule is CCNCc1cc(C)ccc1OC(C)c1ccccc1. The number of hydrogen-bond acceptors (Lipinski definition) is 2. The van der Waals surface area contributed by atoms with E-state index in [0.29, 0.717) is 0 Å². The van der Waals surface area contributed by atoms with Crippen LogP contribution in [0, 0.1) is 6.92 Å². The van der Waals surface area contributed by atoms with Crippen LogP contribution in [0.3, 0.4) is 0 Å². The van der Waals surface area contributed by atoms with Gasteiger partial charge in [-0.3, -0.25) is 0 Å². The van der Waals surface area contributed by atoms with Gasteiger partial charge in [-0.25, -0.2) is 0 Å². The molecule has 2 nitrogen and oxygen atoms in total. The first kappa shape index (κ1) is 14.6. The quantitative estimate of drug-likeness (QED) is 0.846. The van der Waals surface area contributed by atoms with E-state index in [2.05, 4.69) is 56.4 Å². The Morgan fingerprint density at radius 2 is 1.85 bits per heavy atom. The van der Waals surface area contributed by atoms with E-state index in [4.69, 9.17) is 4.74 Å². The van der Waals surface area contributed by atoms with Crippen molar-refractivity contribution >= 4 is 0 Å². The van der Waals surface area contributed by atoms with E-state index in [0.717, 1.165) is 18.8 Å². The molecule has 1 N–H and O–H groups in total. The molecule has 2 heteroatoms. The molecule has 2 aromatic rings. The highest BCUT2D eigenvalue weighted by molar-refractivity contribution is 5.37. The fraction of sp³-hybridized carbons (Fsp3) is 0.333. The number of benzene rings is 2. The van der Waals surface area contributed by atoms with Crippen LogP contribution >= 0.6 is 0 Å². The van der Waals surface area contributed by atoms with Crippen molar-refractivity contribution in [3.63, 3.8) is 0 Å². The first-order valence-electron chi connectivity index (χ1n) is 7.22. The highest BCUT2D eigenvalue weighted by Crippen LogP contribution is 2.26. The van der Waals surface area contributed by atoms with E-state index in [1.807, 2.05) is 18.2 Å². The van der Waals surface area contributed by atoms with Crippen molar-refractivity contribution in [1.29, 1.82) is 0 Å². The van der Waals surface area contributed by atoms with Crippen LogP contribution in [0.15, 0.2) is 48.5 Å². The summed E-state index contributed by atoms with van der Waals surface area (Å²) in [7, 11) is 0. The largest absolute Gasteiger partial charge is 0.486 e. The molecule has 1 atom stereocenters. The van der Waals surface area contributed by atoms with Crippen LogP contribution in [0.5, 0.6) is 5.75 Å². The predicted molar refractivity (Wildman–Crippen MR) is 84.0 cm³/mol. The zero-order valence-electron chi connectivity index (χ0n) is 12.5. The molecule has 0 aliphatic rings. The average Bonchev–Trinajstić information content (AvgIpc) is 2.48. The Morgan fingerprint density at radius 3 is 2.55 bits per heavy atom. The topological polar surface area (TPSA) is 21.3 Å². The van der Waals surface area contributed by atoms with Gasteiger partial charge in [0, 0.05) is 12.1 Å². The van der Waals surface area contributed by atoms with Crippen molar-refractivity contribution in [2.75, 3.05) is 6.54 Å². The van der Waals surface area contributed by atoms with Gasteiger partial charge in [-0.2, -0.15) is 0 Å². The van der Waals surface area contributed by atoms with Crippen LogP contribution in [0.2, 0.25) is 0 Å². The normalized spacial score (nSPS) is 12.2. The second kappa shape index (κ2) is 7.11. The van der Waals surface area contributed by atoms with Gasteiger partial charge in [-0.15, -0.1) is 0 Å². The third-order valence-corrected chi connectivity index (χ3v) is 3.35. The van der Waals surface area contributed by atoms with Crippen molar-refractivity contribution in [2.45, 2.75) is 33.4 Å². The minimum Gasteiger partial charge on any atom is -0.486 e. The number of aryl methyl sites for hydroxylation is 1. The van der Waals surface area contributed by atoms with Crippen molar-refractivity contribution in [2.24, 2.45) is 0 Å². The Balaban J connectivity index is 2.15. The van der Waals surface area contributed by atoms with E-state index in [-0.39, 0.29) is 6.10 Å². The molecule has 0 fully saturated rings. The smallest absolute Gasteiger partial charge is 0.124 e. The van der Waals surface area contributed by atoms with E-state index >= 15 is 0 Å². The summed E-state index contributed by atoms with van der Waals surface area (Å²) in [6.07, 6.45) is 0.0549. The zero-order chi connectivity index (χ0) is 14.4. The van der Waals surface area contributed by atoms with Crippen molar-refractivity contribution < 1.29 is 4.74 Å². The van der Waals surface area contributed by atoms with Crippen LogP contribution in [0.25, 0.3) is 0 Å². The zero-order valence-corrected chi connectivity index (χ0v) is 12.5. The van der Waals surface area contributed by atoms with Gasteiger partial charge < -0.3 is 10.1 Å². The van der Waals surface area contributed by atoms with Gasteiger partial charge in [0.05, 0.1) is 0 Å². The molecule has 0 saturated heterocycles. The van der Waals surface area contributed by atoms with Crippen LogP contribution < -0.4 is 10.1 Å². The summed E-state index contributed by atoms with van der Waals surface area (Å²) in [5.41, 5.74) is 3.68. The summed E-state index contributed by atoms with van der Waals surface area (Å²) in [6, 6.07) is 16.7. The van der Waals surface area contributed by atoms with Gasteiger partial charge in [-0.05, 0) is 32.0 Å². The molecule has 2 rings (SSSR count). The molecule has 0 saturated carbocycles. The van der Waals surface area contributed by atoms with Crippen molar-refractivity contribution in [3.8, 4) is 5.75 Å². The predicted octanol–water partition coefficient (Wildman–Crippen LogP) is 4.24. The van der Waals surface area contributed by atoms with Crippen LogP contribution in [-0.4, -0.2) is 6.54 Å². The van der Waals surface area contributed by atoms with Crippen LogP contribution in [-0.2, 0) is 6.54 Å². The highest BCUT2D eigenvalue weighted by Gasteiger charge is 2.10. The molecule has 0 aliphatic carbocycles. The molecule has 0 spiro atoms. The van der Waals surface area contributed by atoms with E-state index in [1.165, 1.54) is 16.7 Å². The minimum atomic E-state index is 0.0549. The lowest BCUT2D eigenvalue weighted by molar-refractivity contribution is 0.224. The minimum absolute atomic E-state index is 0.0549. The number of nitrogens with one attached hydrogen (secondary N) is 1. The summed E-state index contributed by atoms with van der Waals surface area (Å²) in [5, 5.41) is 3.37. The second-order valence-corrected chi connectivity index (χ2v) is 5.06. The van der Waals surface area contributed by atoms with Gasteiger partial charge in [0.1, 0.15) is 11.9 Å². The van der Waals surface area contributed by atoms with Crippen molar-refractivity contribution in [3.05, 3.63) is 65.2 Å². The van der Waals surface area contributed by atoms with Crippen LogP contribution in [0.4, 0.5) is 0 Å². The van der Waals surface area contributed by atoms with Gasteiger partial charge in [-0.1, -0.05) is 55.0 Å². The molecule has 0 aromatic heterocycles. The summed E-state index contributed by atoms with van der Waals surface area (Å²) in [5.74, 6) is 0.966. The summed E-state index contributed by atoms with van der Waals surface area (Å²) >= 11 is 0. The van der Waals surface area contributed by atoms with Gasteiger partial charge in [0.2, 0.25) is 0 Å². The fourth-order valence-corrected chi connectivity index (χ4v) is 2.20. The molecule has 0 radical (unpaired) electrons. The highest BCUT2D eigenvalue weighted by atomic mass is 16.5. The van der Waals surface area contributed by atoms with Gasteiger partial charge in [0.15, 0.2) is 0 Å². The Hall–Kier alpha value is -1.80. The van der Waals surface area contributed by atoms with Gasteiger partial charge >= 0.3 is 0 Å². The van der Waals surface area contributed by atoms with E-state index in [9.17, 15) is 0 Å². The molecule has 0 aliphatic heterocycles. The molecule has 0 bridgehead atoms. The molecule has 0 amide bonds. The molecular formula is C18H23NO. The maximum absolute atomic E-state index is 6.14. The average molecular weight is 269 g/mol. The van der Waals surface area contributed by atoms with E-state index in [1.54, 1.807) is 0 Å². The molecule has 106 valence electrons. The first-order chi connectivity index (χ1) is 9.70. The fourth-order valence-electron chi connectivity index (χ4n) is 2.20. The lowest BCUT2D eigenvalue weighted by Crippen LogP contribution is -2.14. The molecule has 2 aromatic carbocycles. The van der Waals surface area contributed by atoms with Crippen LogP contribution in [0.1, 0.15) is 36.6 Å². The van der Waals surface area contributed by atoms with Gasteiger partial charge in [0.25, 0.3) is 0 Å². The number of rotatable bonds is 6. The summed E-state index contributed by atoms with van der Waals surface area (Å²) in [6.45, 7) is 8.12. The van der Waals surface area contributed by atoms with Crippen molar-refractivity contribution in [1.82, 2.24) is 5.32 Å². The standard InChI is InChI=1S/C18H23NO/c1-4-19-13-17-12-14(2)10-11-18(17)20-15(3)16-8-6-5-7-9-16/h5-12,15,19H,4,13H2,1-3H3. The number of ether oxygens (including phenoxy) is 1. The third-order valence-electron chi connectivity index (χ3n) is 3.35. The Bertz CT molecular complexity index is 536. The molecular weight excluding hydrogens is 246 g/mol. The molecule has 0 heterocycles. The lowest BCUT2D eigenvalue weighted by atomic mass is 10.1. The maximum Gasteiger partial charge on any atom is 0.124 e. The third kappa shape index (κ3) is 3.84. The Labute approximate surface area is 121 Å². The molecule has 20 heavy (non-hydrogen) atoms. The summed E-state index contributed by atoms with van der Waals surface area (Å²) in [4.78, 5) is 0. The second-order valence-electron chi connectivity index (χ2n) is 5.06. The monoisotopic (exact) mass is 269 g/mol. The first-order valence-corrected chi connectivity index (χ1v) is 7.22.